The number of carbonyl (C=O) groups is 1. The predicted octanol–water partition coefficient (Wildman–Crippen LogP) is -0.170. The predicted molar refractivity (Wildman–Crippen MR) is 101 cm³/mol. The zero-order valence-electron chi connectivity index (χ0n) is 14.4. The fourth-order valence-corrected chi connectivity index (χ4v) is 4.83. The van der Waals surface area contributed by atoms with Gasteiger partial charge in [0.25, 0.3) is 0 Å². The molecule has 0 aromatic heterocycles. The maximum Gasteiger partial charge on any atom is 0.386 e. The second-order valence-corrected chi connectivity index (χ2v) is 9.59. The van der Waals surface area contributed by atoms with Crippen molar-refractivity contribution in [1.29, 1.82) is 0 Å². The molecule has 2 aliphatic rings. The third-order valence-electron chi connectivity index (χ3n) is 4.56. The van der Waals surface area contributed by atoms with Crippen LogP contribution < -0.4 is 0 Å². The fourth-order valence-electron chi connectivity index (χ4n) is 3.16. The average molecular weight is 432 g/mol. The Morgan fingerprint density at radius 3 is 2.42 bits per heavy atom. The van der Waals surface area contributed by atoms with Crippen LogP contribution in [0.3, 0.4) is 0 Å². The van der Waals surface area contributed by atoms with Crippen LogP contribution in [-0.4, -0.2) is 77.9 Å². The lowest BCUT2D eigenvalue weighted by Gasteiger charge is -2.24. The Hall–Kier alpha value is 0.470. The summed E-state index contributed by atoms with van der Waals surface area (Å²) in [6, 6.07) is -1.25. The van der Waals surface area contributed by atoms with E-state index in [1.54, 1.807) is 7.85 Å². The molecule has 7 nitrogen and oxygen atoms in total. The summed E-state index contributed by atoms with van der Waals surface area (Å²) in [4.78, 5) is 10.6. The summed E-state index contributed by atoms with van der Waals surface area (Å²) in [6.07, 6.45) is -5.33. The minimum absolute atomic E-state index is 0.0110. The van der Waals surface area contributed by atoms with Crippen LogP contribution in [0.2, 0.25) is 0 Å². The largest absolute Gasteiger partial charge is 0.386 e. The van der Waals surface area contributed by atoms with Gasteiger partial charge in [-0.3, -0.25) is 9.05 Å². The van der Waals surface area contributed by atoms with E-state index in [0.717, 1.165) is 0 Å². The zero-order valence-corrected chi connectivity index (χ0v) is 17.3. The summed E-state index contributed by atoms with van der Waals surface area (Å²) >= 11 is 3.84. The molecule has 0 aromatic carbocycles. The van der Waals surface area contributed by atoms with Crippen molar-refractivity contribution in [3.8, 4) is 0 Å². The molecule has 0 amide bonds. The lowest BCUT2D eigenvalue weighted by molar-refractivity contribution is -0.109. The number of thiol groups is 1. The molecule has 14 heteroatoms. The molecule has 0 radical (unpaired) electrons. The van der Waals surface area contributed by atoms with E-state index in [9.17, 15) is 18.1 Å². The van der Waals surface area contributed by atoms with E-state index in [1.807, 2.05) is 9.47 Å². The molecule has 0 spiro atoms. The van der Waals surface area contributed by atoms with Crippen LogP contribution in [0, 0.1) is 5.92 Å². The number of hydrogen-bond donors (Lipinski definition) is 1. The smallest absolute Gasteiger partial charge is 0.378 e. The molecule has 2 saturated heterocycles. The van der Waals surface area contributed by atoms with E-state index in [4.69, 9.17) is 23.0 Å². The fraction of sp³-hybridized carbons (Fsp3) is 0.917. The molecule has 0 saturated carbocycles. The van der Waals surface area contributed by atoms with Gasteiger partial charge < -0.3 is 18.8 Å². The topological polar surface area (TPSA) is 80.3 Å². The van der Waals surface area contributed by atoms with Gasteiger partial charge in [0.1, 0.15) is 52.6 Å². The summed E-state index contributed by atoms with van der Waals surface area (Å²) in [7, 11) is 5.18. The summed E-state index contributed by atoms with van der Waals surface area (Å²) in [6.45, 7) is -4.39. The molecule has 2 unspecified atom stereocenters. The van der Waals surface area contributed by atoms with E-state index in [-0.39, 0.29) is 13.0 Å². The van der Waals surface area contributed by atoms with E-state index in [2.05, 4.69) is 12.2 Å². The van der Waals surface area contributed by atoms with Crippen LogP contribution in [-0.2, 0) is 32.4 Å². The van der Waals surface area contributed by atoms with Crippen molar-refractivity contribution in [3.05, 3.63) is 0 Å². The number of halogens is 2. The normalized spacial score (nSPS) is 42.6. The number of aldehydes is 1. The molecule has 2 rings (SSSR count). The molecule has 2 heterocycles. The molecular weight excluding hydrogens is 410 g/mol. The van der Waals surface area contributed by atoms with Gasteiger partial charge in [-0.1, -0.05) is 12.2 Å². The molecule has 148 valence electrons. The van der Waals surface area contributed by atoms with Crippen molar-refractivity contribution in [1.82, 2.24) is 0 Å². The van der Waals surface area contributed by atoms with E-state index in [0.29, 0.717) is 6.29 Å². The van der Waals surface area contributed by atoms with E-state index >= 15 is 0 Å². The van der Waals surface area contributed by atoms with Crippen LogP contribution in [0.4, 0.5) is 8.78 Å². The van der Waals surface area contributed by atoms with Gasteiger partial charge in [-0.25, -0.2) is 13.3 Å². The van der Waals surface area contributed by atoms with Crippen molar-refractivity contribution in [2.45, 2.75) is 49.1 Å². The van der Waals surface area contributed by atoms with Crippen molar-refractivity contribution in [2.24, 2.45) is 5.92 Å². The van der Waals surface area contributed by atoms with E-state index < -0.39 is 62.0 Å². The molecule has 0 N–H and O–H groups in total. The van der Waals surface area contributed by atoms with Crippen molar-refractivity contribution >= 4 is 50.5 Å². The molecule has 2 fully saturated rings. The monoisotopic (exact) mass is 432 g/mol. The Kier molecular flexibility index (Phi) is 8.57. The van der Waals surface area contributed by atoms with Gasteiger partial charge in [0.15, 0.2) is 0 Å². The number of alkyl halides is 2. The zero-order chi connectivity index (χ0) is 19.5. The molecule has 2 aliphatic heterocycles. The van der Waals surface area contributed by atoms with Crippen LogP contribution in [0.5, 0.6) is 0 Å². The van der Waals surface area contributed by atoms with Gasteiger partial charge in [-0.2, -0.15) is 0 Å². The molecule has 0 aliphatic carbocycles. The van der Waals surface area contributed by atoms with Crippen LogP contribution >= 0.6 is 28.5 Å². The van der Waals surface area contributed by atoms with Gasteiger partial charge in [0.05, 0.1) is 19.2 Å². The first-order chi connectivity index (χ1) is 12.2. The van der Waals surface area contributed by atoms with Gasteiger partial charge in [0.2, 0.25) is 0 Å². The third-order valence-corrected chi connectivity index (χ3v) is 6.37. The van der Waals surface area contributed by atoms with Crippen LogP contribution in [0.1, 0.15) is 6.42 Å². The number of rotatable bonds is 9. The highest BCUT2D eigenvalue weighted by Crippen LogP contribution is 2.56. The summed E-state index contributed by atoms with van der Waals surface area (Å²) in [5.41, 5.74) is 0. The Morgan fingerprint density at radius 2 is 1.81 bits per heavy atom. The number of hydrogen-bond acceptors (Lipinski definition) is 7. The maximum absolute atomic E-state index is 14.3. The Morgan fingerprint density at radius 1 is 1.15 bits per heavy atom. The summed E-state index contributed by atoms with van der Waals surface area (Å²) in [5.74, 6) is -0.593. The highest BCUT2D eigenvalue weighted by atomic mass is 32.7. The Labute approximate surface area is 160 Å². The summed E-state index contributed by atoms with van der Waals surface area (Å²) in [5, 5.41) is 0. The number of ether oxygens (including phenoxy) is 2. The Bertz CT molecular complexity index is 540. The van der Waals surface area contributed by atoms with Gasteiger partial charge >= 0.3 is 6.80 Å². The Balaban J connectivity index is 1.92. The first kappa shape index (κ1) is 22.8. The number of carbonyl (C=O) groups excluding carboxylic acids is 1. The highest BCUT2D eigenvalue weighted by Gasteiger charge is 2.48. The van der Waals surface area contributed by atoms with Gasteiger partial charge in [0, 0.05) is 27.8 Å². The first-order valence-electron chi connectivity index (χ1n) is 8.20. The molecule has 10 atom stereocenters. The van der Waals surface area contributed by atoms with Crippen LogP contribution in [0.15, 0.2) is 0 Å². The highest BCUT2D eigenvalue weighted by molar-refractivity contribution is 8.44. The average Bonchev–Trinajstić information content (AvgIpc) is 2.98. The van der Waals surface area contributed by atoms with Crippen molar-refractivity contribution in [3.63, 3.8) is 0 Å². The van der Waals surface area contributed by atoms with Crippen molar-refractivity contribution in [2.75, 3.05) is 13.2 Å². The van der Waals surface area contributed by atoms with Crippen molar-refractivity contribution < 1.29 is 41.2 Å². The molecule has 26 heavy (non-hydrogen) atoms. The van der Waals surface area contributed by atoms with Gasteiger partial charge in [-0.05, 0) is 0 Å². The quantitative estimate of drug-likeness (QED) is 0.235. The van der Waals surface area contributed by atoms with E-state index in [1.165, 1.54) is 7.85 Å². The maximum atomic E-state index is 14.3. The second kappa shape index (κ2) is 9.79. The SMILES string of the molecule is B[C@@H]1O[C@H](COP)[C@@H](OP(=O)(S)OC[C@H]2O[C@@H](B)[C@H](CC=O)[C@H]2F)[C@H]1F. The molecular formula is C12H22B2F2O7P2S. The minimum atomic E-state index is -4.00. The third kappa shape index (κ3) is 5.51. The minimum Gasteiger partial charge on any atom is -0.378 e. The van der Waals surface area contributed by atoms with Crippen LogP contribution in [0.25, 0.3) is 0 Å². The molecule has 0 aromatic rings. The summed E-state index contributed by atoms with van der Waals surface area (Å²) < 4.78 is 67.0. The standard InChI is InChI=1S/C12H22B2F2O7P2S/c13-11-5(1-2-17)8(15)6(21-11)4-20-25(18,26)23-10-7(3-19-24)22-12(14)9(10)16/h2,5-12H,1,3-4,13-14,24H2,(H,18,26)/t5-,6-,7-,8-,9-,10-,11-,12-,25?/m1/s1. The molecule has 0 bridgehead atoms. The lowest BCUT2D eigenvalue weighted by atomic mass is 9.83. The first-order valence-corrected chi connectivity index (χ1v) is 11.4. The van der Waals surface area contributed by atoms with Gasteiger partial charge in [-0.15, -0.1) is 0 Å². The lowest BCUT2D eigenvalue weighted by Crippen LogP contribution is -2.34. The second-order valence-electron chi connectivity index (χ2n) is 6.38.